The van der Waals surface area contributed by atoms with Crippen molar-refractivity contribution in [1.82, 2.24) is 9.97 Å². The van der Waals surface area contributed by atoms with Crippen LogP contribution in [0.1, 0.15) is 31.9 Å². The molecule has 1 atom stereocenters. The fraction of sp³-hybridized carbons (Fsp3) is 0.385. The zero-order valence-corrected chi connectivity index (χ0v) is 10.4. The lowest BCUT2D eigenvalue weighted by atomic mass is 9.99. The summed E-state index contributed by atoms with van der Waals surface area (Å²) in [6.07, 6.45) is 0.0869. The fourth-order valence-corrected chi connectivity index (χ4v) is 1.92. The van der Waals surface area contributed by atoms with Crippen LogP contribution >= 0.6 is 0 Å². The Morgan fingerprint density at radius 3 is 2.33 bits per heavy atom. The van der Waals surface area contributed by atoms with E-state index < -0.39 is 17.2 Å². The molecule has 1 heterocycles. The monoisotopic (exact) mass is 248 g/mol. The van der Waals surface area contributed by atoms with E-state index in [0.29, 0.717) is 23.4 Å². The number of aromatic amines is 2. The number of hydrogen-bond donors (Lipinski definition) is 3. The summed E-state index contributed by atoms with van der Waals surface area (Å²) in [6, 6.07) is 5.13. The molecular weight excluding hydrogens is 232 g/mol. The van der Waals surface area contributed by atoms with E-state index in [1.807, 2.05) is 13.8 Å². The number of H-pyrrole nitrogens is 2. The molecule has 0 spiro atoms. The van der Waals surface area contributed by atoms with Crippen molar-refractivity contribution in [1.29, 1.82) is 0 Å². The molecule has 0 fully saturated rings. The van der Waals surface area contributed by atoms with Crippen LogP contribution in [0.15, 0.2) is 27.8 Å². The van der Waals surface area contributed by atoms with Gasteiger partial charge in [-0.15, -0.1) is 0 Å². The molecule has 1 unspecified atom stereocenters. The van der Waals surface area contributed by atoms with Crippen LogP contribution in [0.4, 0.5) is 0 Å². The molecule has 0 aliphatic carbocycles. The first-order valence-electron chi connectivity index (χ1n) is 5.91. The topological polar surface area (TPSA) is 85.9 Å². The SMILES string of the molecule is CC(C)CC(O)c1ccc2[nH]c(=O)c(=O)[nH]c2c1. The predicted octanol–water partition coefficient (Wildman–Crippen LogP) is 1.30. The van der Waals surface area contributed by atoms with Crippen molar-refractivity contribution in [2.45, 2.75) is 26.4 Å². The summed E-state index contributed by atoms with van der Waals surface area (Å²) in [6.45, 7) is 4.06. The summed E-state index contributed by atoms with van der Waals surface area (Å²) in [5, 5.41) is 10.0. The minimum Gasteiger partial charge on any atom is -0.388 e. The number of nitrogens with one attached hydrogen (secondary N) is 2. The molecule has 96 valence electrons. The lowest BCUT2D eigenvalue weighted by Crippen LogP contribution is -2.28. The van der Waals surface area contributed by atoms with Crippen LogP contribution in [-0.4, -0.2) is 15.1 Å². The third kappa shape index (κ3) is 2.51. The van der Waals surface area contributed by atoms with E-state index in [1.165, 1.54) is 0 Å². The van der Waals surface area contributed by atoms with Crippen molar-refractivity contribution in [3.63, 3.8) is 0 Å². The molecule has 0 saturated carbocycles. The molecule has 5 nitrogen and oxygen atoms in total. The summed E-state index contributed by atoms with van der Waals surface area (Å²) in [5.74, 6) is 0.380. The summed E-state index contributed by atoms with van der Waals surface area (Å²) < 4.78 is 0. The molecule has 0 saturated heterocycles. The maximum absolute atomic E-state index is 11.2. The van der Waals surface area contributed by atoms with Gasteiger partial charge in [0.05, 0.1) is 17.1 Å². The van der Waals surface area contributed by atoms with Crippen LogP contribution in [0.3, 0.4) is 0 Å². The molecule has 0 radical (unpaired) electrons. The first-order valence-corrected chi connectivity index (χ1v) is 5.91. The Bertz CT molecular complexity index is 670. The van der Waals surface area contributed by atoms with Gasteiger partial charge in [0, 0.05) is 0 Å². The average Bonchev–Trinajstić information content (AvgIpc) is 2.29. The Balaban J connectivity index is 2.47. The molecule has 3 N–H and O–H groups in total. The minimum atomic E-state index is -0.682. The van der Waals surface area contributed by atoms with E-state index in [1.54, 1.807) is 18.2 Å². The number of fused-ring (bicyclic) bond motifs is 1. The first kappa shape index (κ1) is 12.6. The Morgan fingerprint density at radius 1 is 1.11 bits per heavy atom. The highest BCUT2D eigenvalue weighted by atomic mass is 16.3. The summed E-state index contributed by atoms with van der Waals surface area (Å²) in [4.78, 5) is 27.4. The van der Waals surface area contributed by atoms with Gasteiger partial charge in [-0.3, -0.25) is 9.59 Å². The van der Waals surface area contributed by atoms with Gasteiger partial charge in [-0.2, -0.15) is 0 Å². The Labute approximate surface area is 103 Å². The van der Waals surface area contributed by atoms with Gasteiger partial charge < -0.3 is 15.1 Å². The third-order valence-corrected chi connectivity index (χ3v) is 2.83. The quantitative estimate of drug-likeness (QED) is 0.715. The van der Waals surface area contributed by atoms with Crippen molar-refractivity contribution in [2.75, 3.05) is 0 Å². The van der Waals surface area contributed by atoms with Gasteiger partial charge in [-0.05, 0) is 30.0 Å². The first-order chi connectivity index (χ1) is 8.47. The van der Waals surface area contributed by atoms with Crippen molar-refractivity contribution in [3.8, 4) is 0 Å². The molecule has 5 heteroatoms. The van der Waals surface area contributed by atoms with Crippen molar-refractivity contribution < 1.29 is 5.11 Å². The molecule has 2 aromatic rings. The van der Waals surface area contributed by atoms with E-state index >= 15 is 0 Å². The van der Waals surface area contributed by atoms with E-state index in [9.17, 15) is 14.7 Å². The number of hydrogen-bond acceptors (Lipinski definition) is 3. The van der Waals surface area contributed by atoms with Gasteiger partial charge >= 0.3 is 11.1 Å². The van der Waals surface area contributed by atoms with Gasteiger partial charge in [-0.25, -0.2) is 0 Å². The summed E-state index contributed by atoms with van der Waals surface area (Å²) in [7, 11) is 0. The van der Waals surface area contributed by atoms with Gasteiger partial charge in [0.1, 0.15) is 0 Å². The Morgan fingerprint density at radius 2 is 1.72 bits per heavy atom. The van der Waals surface area contributed by atoms with Crippen molar-refractivity contribution >= 4 is 11.0 Å². The van der Waals surface area contributed by atoms with Gasteiger partial charge in [0.2, 0.25) is 0 Å². The smallest absolute Gasteiger partial charge is 0.314 e. The van der Waals surface area contributed by atoms with Crippen LogP contribution in [0.25, 0.3) is 11.0 Å². The second kappa shape index (κ2) is 4.78. The van der Waals surface area contributed by atoms with Crippen molar-refractivity contribution in [2.24, 2.45) is 5.92 Å². The third-order valence-electron chi connectivity index (χ3n) is 2.83. The molecule has 18 heavy (non-hydrogen) atoms. The predicted molar refractivity (Wildman–Crippen MR) is 69.6 cm³/mol. The molecule has 1 aromatic carbocycles. The van der Waals surface area contributed by atoms with E-state index in [4.69, 9.17) is 0 Å². The molecule has 0 amide bonds. The maximum Gasteiger partial charge on any atom is 0.314 e. The lowest BCUT2D eigenvalue weighted by molar-refractivity contribution is 0.151. The van der Waals surface area contributed by atoms with Crippen molar-refractivity contribution in [3.05, 3.63) is 44.5 Å². The highest BCUT2D eigenvalue weighted by Crippen LogP contribution is 2.22. The van der Waals surface area contributed by atoms with Crippen LogP contribution in [0.2, 0.25) is 0 Å². The number of aromatic nitrogens is 2. The number of rotatable bonds is 3. The largest absolute Gasteiger partial charge is 0.388 e. The van der Waals surface area contributed by atoms with Gasteiger partial charge in [-0.1, -0.05) is 19.9 Å². The van der Waals surface area contributed by atoms with E-state index in [2.05, 4.69) is 9.97 Å². The molecule has 0 aliphatic rings. The lowest BCUT2D eigenvalue weighted by Gasteiger charge is -2.13. The summed E-state index contributed by atoms with van der Waals surface area (Å²) >= 11 is 0. The van der Waals surface area contributed by atoms with E-state index in [0.717, 1.165) is 5.56 Å². The highest BCUT2D eigenvalue weighted by molar-refractivity contribution is 5.74. The number of benzene rings is 1. The zero-order chi connectivity index (χ0) is 13.3. The van der Waals surface area contributed by atoms with Crippen LogP contribution in [0, 0.1) is 5.92 Å². The minimum absolute atomic E-state index is 0.380. The number of aliphatic hydroxyl groups excluding tert-OH is 1. The van der Waals surface area contributed by atoms with Gasteiger partial charge in [0.25, 0.3) is 0 Å². The molecule has 0 aliphatic heterocycles. The Hall–Kier alpha value is -1.88. The highest BCUT2D eigenvalue weighted by Gasteiger charge is 2.10. The zero-order valence-electron chi connectivity index (χ0n) is 10.4. The normalized spacial score (nSPS) is 13.1. The maximum atomic E-state index is 11.2. The standard InChI is InChI=1S/C13H16N2O3/c1-7(2)5-11(16)8-3-4-9-10(6-8)15-13(18)12(17)14-9/h3-4,6-7,11,16H,5H2,1-2H3,(H,14,17)(H,15,18). The van der Waals surface area contributed by atoms with Crippen LogP contribution in [0.5, 0.6) is 0 Å². The molecule has 2 rings (SSSR count). The molecule has 1 aromatic heterocycles. The van der Waals surface area contributed by atoms with E-state index in [-0.39, 0.29) is 0 Å². The molecular formula is C13H16N2O3. The average molecular weight is 248 g/mol. The Kier molecular flexibility index (Phi) is 3.34. The van der Waals surface area contributed by atoms with Crippen LogP contribution < -0.4 is 11.1 Å². The molecule has 0 bridgehead atoms. The second-order valence-corrected chi connectivity index (χ2v) is 4.86. The summed E-state index contributed by atoms with van der Waals surface area (Å²) in [5.41, 5.74) is 0.467. The fourth-order valence-electron chi connectivity index (χ4n) is 1.92. The number of aliphatic hydroxyl groups is 1. The van der Waals surface area contributed by atoms with Gasteiger partial charge in [0.15, 0.2) is 0 Å². The van der Waals surface area contributed by atoms with Crippen LogP contribution in [-0.2, 0) is 0 Å². The second-order valence-electron chi connectivity index (χ2n) is 4.86.